The van der Waals surface area contributed by atoms with Gasteiger partial charge in [0.15, 0.2) is 0 Å². The van der Waals surface area contributed by atoms with Crippen molar-refractivity contribution in [1.29, 1.82) is 0 Å². The molecule has 14 heavy (non-hydrogen) atoms. The molecule has 2 atom stereocenters. The van der Waals surface area contributed by atoms with Gasteiger partial charge in [0.2, 0.25) is 10.0 Å². The Kier molecular flexibility index (Phi) is 3.88. The van der Waals surface area contributed by atoms with Gasteiger partial charge in [0.05, 0.1) is 5.25 Å². The van der Waals surface area contributed by atoms with Crippen LogP contribution in [0, 0.1) is 5.92 Å². The standard InChI is InChI=1S/C9H19NO2S2/c1-7(2)14(11,12)10-5-4-9(6-10)8(3)13/h7-9,13H,4-6H2,1-3H3. The predicted molar refractivity (Wildman–Crippen MR) is 62.2 cm³/mol. The van der Waals surface area contributed by atoms with Crippen molar-refractivity contribution in [2.45, 2.75) is 37.7 Å². The van der Waals surface area contributed by atoms with E-state index in [0.29, 0.717) is 19.0 Å². The normalized spacial score (nSPS) is 27.1. The van der Waals surface area contributed by atoms with Crippen molar-refractivity contribution in [2.75, 3.05) is 13.1 Å². The maximum Gasteiger partial charge on any atom is 0.216 e. The van der Waals surface area contributed by atoms with Crippen LogP contribution < -0.4 is 0 Å². The summed E-state index contributed by atoms with van der Waals surface area (Å²) in [6, 6.07) is 0. The lowest BCUT2D eigenvalue weighted by Crippen LogP contribution is -2.35. The highest BCUT2D eigenvalue weighted by atomic mass is 32.2. The monoisotopic (exact) mass is 237 g/mol. The van der Waals surface area contributed by atoms with Crippen LogP contribution in [0.25, 0.3) is 0 Å². The minimum atomic E-state index is -3.04. The Balaban J connectivity index is 2.67. The molecule has 0 spiro atoms. The summed E-state index contributed by atoms with van der Waals surface area (Å²) >= 11 is 4.36. The van der Waals surface area contributed by atoms with E-state index in [2.05, 4.69) is 12.6 Å². The summed E-state index contributed by atoms with van der Waals surface area (Å²) in [4.78, 5) is 0. The van der Waals surface area contributed by atoms with Gasteiger partial charge in [-0.15, -0.1) is 0 Å². The largest absolute Gasteiger partial charge is 0.216 e. The summed E-state index contributed by atoms with van der Waals surface area (Å²) in [5.41, 5.74) is 0. The smallest absolute Gasteiger partial charge is 0.212 e. The molecule has 1 aliphatic rings. The second-order valence-electron chi connectivity index (χ2n) is 4.24. The Morgan fingerprint density at radius 1 is 1.36 bits per heavy atom. The molecule has 0 bridgehead atoms. The molecule has 3 nitrogen and oxygen atoms in total. The first-order valence-corrected chi connectivity index (χ1v) is 7.04. The molecule has 0 radical (unpaired) electrons. The molecule has 0 aliphatic carbocycles. The molecular formula is C9H19NO2S2. The van der Waals surface area contributed by atoms with E-state index >= 15 is 0 Å². The maximum atomic E-state index is 11.8. The van der Waals surface area contributed by atoms with Gasteiger partial charge in [0.25, 0.3) is 0 Å². The van der Waals surface area contributed by atoms with Crippen LogP contribution in [0.2, 0.25) is 0 Å². The number of hydrogen-bond acceptors (Lipinski definition) is 3. The first-order chi connectivity index (χ1) is 6.35. The fourth-order valence-electron chi connectivity index (χ4n) is 1.68. The second-order valence-corrected chi connectivity index (χ2v) is 7.54. The fourth-order valence-corrected chi connectivity index (χ4v) is 3.28. The summed E-state index contributed by atoms with van der Waals surface area (Å²) < 4.78 is 25.2. The van der Waals surface area contributed by atoms with E-state index in [1.807, 2.05) is 6.92 Å². The van der Waals surface area contributed by atoms with Crippen LogP contribution in [0.5, 0.6) is 0 Å². The molecular weight excluding hydrogens is 218 g/mol. The Labute approximate surface area is 92.3 Å². The lowest BCUT2D eigenvalue weighted by atomic mass is 10.1. The van der Waals surface area contributed by atoms with E-state index in [1.54, 1.807) is 18.2 Å². The van der Waals surface area contributed by atoms with Gasteiger partial charge < -0.3 is 0 Å². The molecule has 1 saturated heterocycles. The minimum absolute atomic E-state index is 0.280. The van der Waals surface area contributed by atoms with Crippen molar-refractivity contribution in [3.05, 3.63) is 0 Å². The van der Waals surface area contributed by atoms with E-state index in [4.69, 9.17) is 0 Å². The molecule has 1 heterocycles. The van der Waals surface area contributed by atoms with Crippen molar-refractivity contribution in [3.63, 3.8) is 0 Å². The van der Waals surface area contributed by atoms with Crippen molar-refractivity contribution in [1.82, 2.24) is 4.31 Å². The zero-order chi connectivity index (χ0) is 10.9. The highest BCUT2D eigenvalue weighted by molar-refractivity contribution is 7.89. The third-order valence-corrected chi connectivity index (χ3v) is 5.49. The molecule has 1 aliphatic heterocycles. The number of nitrogens with zero attached hydrogens (tertiary/aromatic N) is 1. The molecule has 5 heteroatoms. The van der Waals surface area contributed by atoms with Crippen molar-refractivity contribution < 1.29 is 8.42 Å². The van der Waals surface area contributed by atoms with E-state index in [1.165, 1.54) is 0 Å². The summed E-state index contributed by atoms with van der Waals surface area (Å²) in [6.45, 7) is 6.79. The average Bonchev–Trinajstić information content (AvgIpc) is 2.51. The molecule has 1 rings (SSSR count). The first kappa shape index (κ1) is 12.3. The number of rotatable bonds is 3. The maximum absolute atomic E-state index is 11.8. The minimum Gasteiger partial charge on any atom is -0.212 e. The van der Waals surface area contributed by atoms with Gasteiger partial charge in [-0.1, -0.05) is 6.92 Å². The molecule has 1 fully saturated rings. The highest BCUT2D eigenvalue weighted by Gasteiger charge is 2.34. The van der Waals surface area contributed by atoms with Gasteiger partial charge in [-0.05, 0) is 26.2 Å². The van der Waals surface area contributed by atoms with Gasteiger partial charge in [-0.25, -0.2) is 12.7 Å². The van der Waals surface area contributed by atoms with E-state index in [0.717, 1.165) is 6.42 Å². The fraction of sp³-hybridized carbons (Fsp3) is 1.00. The average molecular weight is 237 g/mol. The van der Waals surface area contributed by atoms with E-state index < -0.39 is 10.0 Å². The summed E-state index contributed by atoms with van der Waals surface area (Å²) in [7, 11) is -3.04. The van der Waals surface area contributed by atoms with Crippen LogP contribution in [0.15, 0.2) is 0 Å². The van der Waals surface area contributed by atoms with E-state index in [-0.39, 0.29) is 10.5 Å². The predicted octanol–water partition coefficient (Wildman–Crippen LogP) is 1.36. The van der Waals surface area contributed by atoms with Crippen molar-refractivity contribution >= 4 is 22.7 Å². The first-order valence-electron chi connectivity index (χ1n) is 5.02. The van der Waals surface area contributed by atoms with Gasteiger partial charge >= 0.3 is 0 Å². The topological polar surface area (TPSA) is 37.4 Å². The van der Waals surface area contributed by atoms with Crippen LogP contribution in [-0.4, -0.2) is 36.3 Å². The van der Waals surface area contributed by atoms with Crippen LogP contribution in [-0.2, 0) is 10.0 Å². The van der Waals surface area contributed by atoms with E-state index in [9.17, 15) is 8.42 Å². The van der Waals surface area contributed by atoms with Crippen LogP contribution >= 0.6 is 12.6 Å². The Morgan fingerprint density at radius 2 is 1.93 bits per heavy atom. The number of hydrogen-bond donors (Lipinski definition) is 1. The van der Waals surface area contributed by atoms with Crippen LogP contribution in [0.1, 0.15) is 27.2 Å². The van der Waals surface area contributed by atoms with Crippen molar-refractivity contribution in [3.8, 4) is 0 Å². The quantitative estimate of drug-likeness (QED) is 0.753. The van der Waals surface area contributed by atoms with Gasteiger partial charge in [0.1, 0.15) is 0 Å². The highest BCUT2D eigenvalue weighted by Crippen LogP contribution is 2.26. The van der Waals surface area contributed by atoms with Gasteiger partial charge in [-0.2, -0.15) is 12.6 Å². The second kappa shape index (κ2) is 4.41. The molecule has 0 saturated carbocycles. The lowest BCUT2D eigenvalue weighted by Gasteiger charge is -2.19. The summed E-state index contributed by atoms with van der Waals surface area (Å²) in [6.07, 6.45) is 0.941. The third kappa shape index (κ3) is 2.44. The molecule has 84 valence electrons. The molecule has 2 unspecified atom stereocenters. The van der Waals surface area contributed by atoms with Crippen molar-refractivity contribution in [2.24, 2.45) is 5.92 Å². The summed E-state index contributed by atoms with van der Waals surface area (Å²) in [5, 5.41) is -0.0289. The number of thiol groups is 1. The Bertz CT molecular complexity index is 285. The molecule has 0 aromatic heterocycles. The van der Waals surface area contributed by atoms with Gasteiger partial charge in [-0.3, -0.25) is 0 Å². The zero-order valence-electron chi connectivity index (χ0n) is 8.97. The van der Waals surface area contributed by atoms with Crippen LogP contribution in [0.4, 0.5) is 0 Å². The number of sulfonamides is 1. The molecule has 0 aromatic carbocycles. The zero-order valence-corrected chi connectivity index (χ0v) is 10.7. The molecule has 0 N–H and O–H groups in total. The van der Waals surface area contributed by atoms with Crippen LogP contribution in [0.3, 0.4) is 0 Å². The summed E-state index contributed by atoms with van der Waals surface area (Å²) in [5.74, 6) is 0.409. The van der Waals surface area contributed by atoms with Gasteiger partial charge in [0, 0.05) is 18.3 Å². The SMILES string of the molecule is CC(S)C1CCN(S(=O)(=O)C(C)C)C1. The third-order valence-electron chi connectivity index (χ3n) is 2.83. The Morgan fingerprint density at radius 3 is 2.29 bits per heavy atom. The molecule has 0 amide bonds. The Hall–Kier alpha value is 0.260. The lowest BCUT2D eigenvalue weighted by molar-refractivity contribution is 0.450. The molecule has 0 aromatic rings.